The molecule has 14 heteroatoms. The lowest BCUT2D eigenvalue weighted by Crippen LogP contribution is -2.47. The first-order chi connectivity index (χ1) is 24.7. The average Bonchev–Trinajstić information content (AvgIpc) is 3.76. The molecule has 2 unspecified atom stereocenters. The molecule has 2 saturated heterocycles. The second-order valence-electron chi connectivity index (χ2n) is 12.8. The zero-order valence-corrected chi connectivity index (χ0v) is 29.4. The highest BCUT2D eigenvalue weighted by molar-refractivity contribution is 6.36. The van der Waals surface area contributed by atoms with Crippen molar-refractivity contribution < 1.29 is 28.2 Å². The predicted molar refractivity (Wildman–Crippen MR) is 189 cm³/mol. The summed E-state index contributed by atoms with van der Waals surface area (Å²) in [5.74, 6) is 0.963. The number of fused-ring (bicyclic) bond motifs is 1. The number of piperazine rings is 1. The van der Waals surface area contributed by atoms with E-state index in [0.29, 0.717) is 109 Å². The Morgan fingerprint density at radius 3 is 2.43 bits per heavy atom. The number of rotatable bonds is 10. The summed E-state index contributed by atoms with van der Waals surface area (Å²) < 4.78 is 33.8. The third-order valence-electron chi connectivity index (χ3n) is 9.66. The molecule has 3 aliphatic heterocycles. The van der Waals surface area contributed by atoms with Gasteiger partial charge in [0.05, 0.1) is 48.4 Å². The number of hydrogen-bond donors (Lipinski definition) is 2. The van der Waals surface area contributed by atoms with Gasteiger partial charge in [0, 0.05) is 87.0 Å². The van der Waals surface area contributed by atoms with Gasteiger partial charge in [-0.15, -0.1) is 0 Å². The lowest BCUT2D eigenvalue weighted by molar-refractivity contribution is -0.130. The first kappa shape index (κ1) is 34.6. The topological polar surface area (TPSA) is 131 Å². The monoisotopic (exact) mass is 715 g/mol. The van der Waals surface area contributed by atoms with Gasteiger partial charge in [0.1, 0.15) is 23.9 Å². The van der Waals surface area contributed by atoms with Gasteiger partial charge in [0.25, 0.3) is 0 Å². The number of halogens is 2. The summed E-state index contributed by atoms with van der Waals surface area (Å²) in [5, 5.41) is 6.77. The van der Waals surface area contributed by atoms with E-state index in [0.717, 1.165) is 12.0 Å². The zero-order chi connectivity index (χ0) is 35.6. The van der Waals surface area contributed by atoms with Gasteiger partial charge in [0.15, 0.2) is 0 Å². The quantitative estimate of drug-likeness (QED) is 0.239. The van der Waals surface area contributed by atoms with E-state index in [1.165, 1.54) is 7.11 Å². The third kappa shape index (κ3) is 7.06. The molecule has 2 amide bonds. The van der Waals surface area contributed by atoms with Gasteiger partial charge in [-0.05, 0) is 12.5 Å². The van der Waals surface area contributed by atoms with Crippen LogP contribution in [0.5, 0.6) is 17.5 Å². The van der Waals surface area contributed by atoms with E-state index in [1.807, 2.05) is 17.0 Å². The fourth-order valence-electron chi connectivity index (χ4n) is 6.88. The Kier molecular flexibility index (Phi) is 10.0. The number of ether oxygens (including phenoxy) is 3. The van der Waals surface area contributed by atoms with Crippen molar-refractivity contribution in [3.63, 3.8) is 0 Å². The summed E-state index contributed by atoms with van der Waals surface area (Å²) in [4.78, 5) is 41.4. The van der Waals surface area contributed by atoms with Gasteiger partial charge >= 0.3 is 0 Å². The summed E-state index contributed by atoms with van der Waals surface area (Å²) >= 11 is 7.04. The molecule has 2 N–H and O–H groups in total. The SMILES string of the molecule is COc1nc(-c2cccc(-c3cccc(-c4cc5c(c(OC)n4)C(NCC4CCC(=O)N4)CO5)c3Cl)c2F)cnc1CN1CCN(C(C)=O)CC1. The highest BCUT2D eigenvalue weighted by Gasteiger charge is 2.32. The summed E-state index contributed by atoms with van der Waals surface area (Å²) in [7, 11) is 3.07. The van der Waals surface area contributed by atoms with E-state index < -0.39 is 5.82 Å². The first-order valence-corrected chi connectivity index (χ1v) is 17.3. The van der Waals surface area contributed by atoms with E-state index in [9.17, 15) is 9.59 Å². The number of hydrogen-bond acceptors (Lipinski definition) is 10. The van der Waals surface area contributed by atoms with Gasteiger partial charge in [-0.2, -0.15) is 0 Å². The number of nitrogens with zero attached hydrogens (tertiary/aromatic N) is 5. The molecule has 51 heavy (non-hydrogen) atoms. The highest BCUT2D eigenvalue weighted by atomic mass is 35.5. The van der Waals surface area contributed by atoms with E-state index in [1.54, 1.807) is 50.6 Å². The average molecular weight is 716 g/mol. The summed E-state index contributed by atoms with van der Waals surface area (Å²) in [6, 6.07) is 12.2. The van der Waals surface area contributed by atoms with Crippen LogP contribution in [0.1, 0.15) is 37.1 Å². The Hall–Kier alpha value is -4.85. The maximum Gasteiger partial charge on any atom is 0.237 e. The van der Waals surface area contributed by atoms with Crippen LogP contribution in [0.2, 0.25) is 5.02 Å². The Morgan fingerprint density at radius 1 is 1.02 bits per heavy atom. The largest absolute Gasteiger partial charge is 0.491 e. The van der Waals surface area contributed by atoms with E-state index in [4.69, 9.17) is 30.8 Å². The number of carbonyl (C=O) groups excluding carboxylic acids is 2. The number of nitrogens with one attached hydrogen (secondary N) is 2. The molecule has 7 rings (SSSR count). The third-order valence-corrected chi connectivity index (χ3v) is 10.1. The second-order valence-corrected chi connectivity index (χ2v) is 13.2. The molecule has 0 aliphatic carbocycles. The number of aromatic nitrogens is 3. The van der Waals surface area contributed by atoms with Crippen LogP contribution in [-0.2, 0) is 16.1 Å². The van der Waals surface area contributed by atoms with Crippen molar-refractivity contribution in [3.05, 3.63) is 70.8 Å². The second kappa shape index (κ2) is 14.8. The van der Waals surface area contributed by atoms with Crippen LogP contribution in [0.15, 0.2) is 48.7 Å². The van der Waals surface area contributed by atoms with Crippen LogP contribution in [0.3, 0.4) is 0 Å². The number of methoxy groups -OCH3 is 2. The fourth-order valence-corrected chi connectivity index (χ4v) is 7.21. The Bertz CT molecular complexity index is 1970. The fraction of sp³-hybridized carbons (Fsp3) is 0.378. The van der Waals surface area contributed by atoms with Gasteiger partial charge in [-0.25, -0.2) is 14.4 Å². The van der Waals surface area contributed by atoms with Crippen molar-refractivity contribution in [2.75, 3.05) is 53.6 Å². The van der Waals surface area contributed by atoms with E-state index >= 15 is 4.39 Å². The van der Waals surface area contributed by atoms with Crippen LogP contribution < -0.4 is 24.8 Å². The lowest BCUT2D eigenvalue weighted by atomic mass is 9.97. The van der Waals surface area contributed by atoms with Crippen molar-refractivity contribution in [1.29, 1.82) is 0 Å². The number of benzene rings is 2. The Labute approximate surface area is 300 Å². The van der Waals surface area contributed by atoms with Gasteiger partial charge in [-0.1, -0.05) is 41.9 Å². The molecule has 4 aromatic rings. The van der Waals surface area contributed by atoms with Gasteiger partial charge < -0.3 is 29.7 Å². The molecule has 266 valence electrons. The molecule has 0 bridgehead atoms. The van der Waals surface area contributed by atoms with Crippen molar-refractivity contribution in [1.82, 2.24) is 35.4 Å². The van der Waals surface area contributed by atoms with Crippen molar-refractivity contribution >= 4 is 23.4 Å². The molecule has 2 fully saturated rings. The number of amides is 2. The normalized spacial score (nSPS) is 18.7. The summed E-state index contributed by atoms with van der Waals surface area (Å²) in [5.41, 5.74) is 3.89. The first-order valence-electron chi connectivity index (χ1n) is 16.9. The summed E-state index contributed by atoms with van der Waals surface area (Å²) in [6.45, 7) is 5.79. The Morgan fingerprint density at radius 2 is 1.73 bits per heavy atom. The number of carbonyl (C=O) groups is 2. The molecule has 5 heterocycles. The molecule has 0 radical (unpaired) electrons. The molecule has 2 atom stereocenters. The molecule has 0 spiro atoms. The molecule has 12 nitrogen and oxygen atoms in total. The van der Waals surface area contributed by atoms with Crippen molar-refractivity contribution in [3.8, 4) is 51.2 Å². The zero-order valence-electron chi connectivity index (χ0n) is 28.7. The maximum atomic E-state index is 16.4. The highest BCUT2D eigenvalue weighted by Crippen LogP contribution is 2.44. The van der Waals surface area contributed by atoms with Crippen LogP contribution in [0.25, 0.3) is 33.6 Å². The van der Waals surface area contributed by atoms with Gasteiger partial charge in [0.2, 0.25) is 23.6 Å². The van der Waals surface area contributed by atoms with Crippen LogP contribution in [0, 0.1) is 5.82 Å². The summed E-state index contributed by atoms with van der Waals surface area (Å²) in [6.07, 6.45) is 2.87. The van der Waals surface area contributed by atoms with Crippen LogP contribution in [-0.4, -0.2) is 96.2 Å². The molecule has 2 aromatic heterocycles. The lowest BCUT2D eigenvalue weighted by Gasteiger charge is -2.34. The molecular weight excluding hydrogens is 677 g/mol. The van der Waals surface area contributed by atoms with Crippen molar-refractivity contribution in [2.24, 2.45) is 0 Å². The van der Waals surface area contributed by atoms with Crippen molar-refractivity contribution in [2.45, 2.75) is 38.4 Å². The van der Waals surface area contributed by atoms with Gasteiger partial charge in [-0.3, -0.25) is 19.5 Å². The molecule has 3 aliphatic rings. The standard InChI is InChI=1S/C37H39ClFN7O5/c1-21(47)46-14-12-45(13-15-46)19-29-36(49-2)44-28(18-41-29)26-9-5-7-24(35(26)39)23-6-4-8-25(34(23)38)27-16-31-33(37(43-27)50-3)30(20-51-31)40-17-22-10-11-32(48)42-22/h4-9,16,18,22,30,40H,10-15,17,19-20H2,1-3H3,(H,42,48). The van der Waals surface area contributed by atoms with Crippen LogP contribution in [0.4, 0.5) is 4.39 Å². The smallest absolute Gasteiger partial charge is 0.237 e. The molecule has 0 saturated carbocycles. The minimum Gasteiger partial charge on any atom is -0.491 e. The molecular formula is C37H39ClFN7O5. The minimum atomic E-state index is -0.504. The van der Waals surface area contributed by atoms with E-state index in [2.05, 4.69) is 25.5 Å². The van der Waals surface area contributed by atoms with E-state index in [-0.39, 0.29) is 29.5 Å². The van der Waals surface area contributed by atoms with Crippen LogP contribution >= 0.6 is 11.6 Å². The predicted octanol–water partition coefficient (Wildman–Crippen LogP) is 4.65. The Balaban J connectivity index is 1.14. The molecule has 2 aromatic carbocycles. The minimum absolute atomic E-state index is 0.0661. The number of pyridine rings is 1. The maximum absolute atomic E-state index is 16.4.